The lowest BCUT2D eigenvalue weighted by Crippen LogP contribution is -2.28. The normalized spacial score (nSPS) is 12.4. The highest BCUT2D eigenvalue weighted by Crippen LogP contribution is 2.17. The van der Waals surface area contributed by atoms with E-state index in [1.165, 1.54) is 7.11 Å². The highest BCUT2D eigenvalue weighted by molar-refractivity contribution is 7.12. The number of carbonyl (C=O) groups is 1. The molecule has 5 heteroatoms. The van der Waals surface area contributed by atoms with Crippen LogP contribution in [0.2, 0.25) is 0 Å². The molecule has 1 rings (SSSR count). The van der Waals surface area contributed by atoms with E-state index in [0.29, 0.717) is 13.0 Å². The fourth-order valence-electron chi connectivity index (χ4n) is 1.17. The van der Waals surface area contributed by atoms with Crippen LogP contribution in [-0.4, -0.2) is 30.8 Å². The number of thiophene rings is 1. The van der Waals surface area contributed by atoms with Gasteiger partial charge in [-0.2, -0.15) is 0 Å². The van der Waals surface area contributed by atoms with Crippen LogP contribution >= 0.6 is 11.3 Å². The average molecular weight is 243 g/mol. The summed E-state index contributed by atoms with van der Waals surface area (Å²) in [6, 6.07) is 4.01. The third-order valence-electron chi connectivity index (χ3n) is 2.16. The van der Waals surface area contributed by atoms with Crippen molar-refractivity contribution in [1.82, 2.24) is 5.32 Å². The van der Waals surface area contributed by atoms with Crippen LogP contribution in [0.4, 0.5) is 0 Å². The quantitative estimate of drug-likeness (QED) is 0.730. The van der Waals surface area contributed by atoms with E-state index in [2.05, 4.69) is 10.1 Å². The van der Waals surface area contributed by atoms with Gasteiger partial charge in [-0.25, -0.2) is 0 Å². The van der Waals surface area contributed by atoms with Crippen LogP contribution in [0.15, 0.2) is 12.1 Å². The minimum Gasteiger partial charge on any atom is -0.469 e. The van der Waals surface area contributed by atoms with Gasteiger partial charge < -0.3 is 15.2 Å². The summed E-state index contributed by atoms with van der Waals surface area (Å²) in [5, 5.41) is 12.0. The number of esters is 1. The van der Waals surface area contributed by atoms with E-state index >= 15 is 0 Å². The van der Waals surface area contributed by atoms with Crippen LogP contribution in [0.25, 0.3) is 0 Å². The molecule has 0 spiro atoms. The van der Waals surface area contributed by atoms with Gasteiger partial charge in [0.2, 0.25) is 0 Å². The van der Waals surface area contributed by atoms with Gasteiger partial charge in [0, 0.05) is 22.3 Å². The largest absolute Gasteiger partial charge is 0.469 e. The first-order valence-electron chi connectivity index (χ1n) is 5.14. The monoisotopic (exact) mass is 243 g/mol. The van der Waals surface area contributed by atoms with Gasteiger partial charge in [-0.1, -0.05) is 0 Å². The van der Waals surface area contributed by atoms with Gasteiger partial charge in [0.25, 0.3) is 0 Å². The highest BCUT2D eigenvalue weighted by Gasteiger charge is 2.06. The topological polar surface area (TPSA) is 58.6 Å². The Morgan fingerprint density at radius 1 is 1.56 bits per heavy atom. The molecule has 0 saturated carbocycles. The van der Waals surface area contributed by atoms with Crippen molar-refractivity contribution in [2.24, 2.45) is 0 Å². The third kappa shape index (κ3) is 4.30. The summed E-state index contributed by atoms with van der Waals surface area (Å²) in [5.74, 6) is -0.218. The first-order valence-corrected chi connectivity index (χ1v) is 5.96. The van der Waals surface area contributed by atoms with Crippen molar-refractivity contribution in [3.8, 4) is 0 Å². The van der Waals surface area contributed by atoms with Crippen molar-refractivity contribution in [2.75, 3.05) is 13.7 Å². The molecule has 0 unspecified atom stereocenters. The summed E-state index contributed by atoms with van der Waals surface area (Å²) in [7, 11) is 1.39. The molecule has 0 aliphatic heterocycles. The van der Waals surface area contributed by atoms with E-state index < -0.39 is 0 Å². The van der Waals surface area contributed by atoms with E-state index in [-0.39, 0.29) is 18.6 Å². The second-order valence-corrected chi connectivity index (χ2v) is 4.84. The molecular formula is C11H17NO3S. The van der Waals surface area contributed by atoms with Gasteiger partial charge >= 0.3 is 5.97 Å². The molecule has 0 amide bonds. The Hall–Kier alpha value is -0.910. The Morgan fingerprint density at radius 2 is 2.25 bits per heavy atom. The molecule has 1 aromatic heterocycles. The zero-order valence-corrected chi connectivity index (χ0v) is 10.3. The fourth-order valence-corrected chi connectivity index (χ4v) is 2.12. The first-order chi connectivity index (χ1) is 7.65. The summed E-state index contributed by atoms with van der Waals surface area (Å²) < 4.78 is 4.60. The van der Waals surface area contributed by atoms with Crippen molar-refractivity contribution < 1.29 is 14.6 Å². The van der Waals surface area contributed by atoms with E-state index in [4.69, 9.17) is 5.11 Å². The van der Waals surface area contributed by atoms with Crippen LogP contribution < -0.4 is 5.32 Å². The number of carbonyl (C=O) groups excluding carboxylic acids is 1. The third-order valence-corrected chi connectivity index (χ3v) is 3.25. The highest BCUT2D eigenvalue weighted by atomic mass is 32.1. The number of hydrogen-bond donors (Lipinski definition) is 2. The van der Waals surface area contributed by atoms with Crippen LogP contribution in [0.3, 0.4) is 0 Å². The molecule has 16 heavy (non-hydrogen) atoms. The zero-order valence-electron chi connectivity index (χ0n) is 9.53. The molecular weight excluding hydrogens is 226 g/mol. The molecule has 0 bridgehead atoms. The SMILES string of the molecule is COC(=O)Cc1ccc(CN[C@@H](C)CO)s1. The lowest BCUT2D eigenvalue weighted by atomic mass is 10.3. The van der Waals surface area contributed by atoms with Crippen LogP contribution in [0.5, 0.6) is 0 Å². The summed E-state index contributed by atoms with van der Waals surface area (Å²) in [6.07, 6.45) is 0.330. The Bertz CT molecular complexity index is 338. The van der Waals surface area contributed by atoms with Gasteiger partial charge in [0.15, 0.2) is 0 Å². The Labute approximate surface area is 99.2 Å². The van der Waals surface area contributed by atoms with Crippen molar-refractivity contribution in [2.45, 2.75) is 25.9 Å². The maximum Gasteiger partial charge on any atom is 0.310 e. The average Bonchev–Trinajstić information content (AvgIpc) is 2.73. The first kappa shape index (κ1) is 13.2. The second kappa shape index (κ2) is 6.62. The zero-order chi connectivity index (χ0) is 12.0. The second-order valence-electron chi connectivity index (χ2n) is 3.59. The summed E-state index contributed by atoms with van der Waals surface area (Å²) in [5.41, 5.74) is 0. The minimum absolute atomic E-state index is 0.0890. The van der Waals surface area contributed by atoms with Gasteiger partial charge in [0.1, 0.15) is 0 Å². The molecule has 1 heterocycles. The van der Waals surface area contributed by atoms with Crippen molar-refractivity contribution in [3.05, 3.63) is 21.9 Å². The lowest BCUT2D eigenvalue weighted by molar-refractivity contribution is -0.139. The molecule has 4 nitrogen and oxygen atoms in total. The van der Waals surface area contributed by atoms with E-state index in [1.54, 1.807) is 11.3 Å². The molecule has 0 aromatic carbocycles. The molecule has 1 atom stereocenters. The fraction of sp³-hybridized carbons (Fsp3) is 0.545. The van der Waals surface area contributed by atoms with Gasteiger partial charge in [-0.3, -0.25) is 4.79 Å². The van der Waals surface area contributed by atoms with E-state index in [1.807, 2.05) is 19.1 Å². The van der Waals surface area contributed by atoms with Gasteiger partial charge in [-0.05, 0) is 19.1 Å². The number of hydrogen-bond acceptors (Lipinski definition) is 5. The van der Waals surface area contributed by atoms with Crippen LogP contribution in [-0.2, 0) is 22.5 Å². The number of ether oxygens (including phenoxy) is 1. The Morgan fingerprint density at radius 3 is 2.88 bits per heavy atom. The molecule has 0 saturated heterocycles. The van der Waals surface area contributed by atoms with Gasteiger partial charge in [-0.15, -0.1) is 11.3 Å². The van der Waals surface area contributed by atoms with Gasteiger partial charge in [0.05, 0.1) is 20.1 Å². The summed E-state index contributed by atoms with van der Waals surface area (Å²) in [6.45, 7) is 2.76. The number of aliphatic hydroxyl groups is 1. The van der Waals surface area contributed by atoms with Crippen LogP contribution in [0, 0.1) is 0 Å². The standard InChI is InChI=1S/C11H17NO3S/c1-8(7-13)12-6-10-4-3-9(16-10)5-11(14)15-2/h3-4,8,12-13H,5-7H2,1-2H3/t8-/m0/s1. The van der Waals surface area contributed by atoms with Crippen molar-refractivity contribution in [3.63, 3.8) is 0 Å². The lowest BCUT2D eigenvalue weighted by Gasteiger charge is -2.08. The smallest absolute Gasteiger partial charge is 0.310 e. The maximum atomic E-state index is 11.0. The summed E-state index contributed by atoms with van der Waals surface area (Å²) in [4.78, 5) is 13.2. The predicted octanol–water partition coefficient (Wildman–Crippen LogP) is 0.934. The summed E-state index contributed by atoms with van der Waals surface area (Å²) >= 11 is 1.58. The van der Waals surface area contributed by atoms with Crippen molar-refractivity contribution in [1.29, 1.82) is 0 Å². The minimum atomic E-state index is -0.218. The Balaban J connectivity index is 2.42. The number of rotatable bonds is 6. The molecule has 1 aromatic rings. The van der Waals surface area contributed by atoms with E-state index in [0.717, 1.165) is 9.75 Å². The van der Waals surface area contributed by atoms with Crippen LogP contribution in [0.1, 0.15) is 16.7 Å². The number of aliphatic hydroxyl groups excluding tert-OH is 1. The molecule has 0 aliphatic carbocycles. The maximum absolute atomic E-state index is 11.0. The molecule has 0 aliphatic rings. The molecule has 0 fully saturated rings. The van der Waals surface area contributed by atoms with Crippen molar-refractivity contribution >= 4 is 17.3 Å². The number of nitrogens with one attached hydrogen (secondary N) is 1. The van der Waals surface area contributed by atoms with E-state index in [9.17, 15) is 4.79 Å². The number of methoxy groups -OCH3 is 1. The Kier molecular flexibility index (Phi) is 5.45. The predicted molar refractivity (Wildman–Crippen MR) is 63.4 cm³/mol. The molecule has 90 valence electrons. The molecule has 2 N–H and O–H groups in total. The molecule has 0 radical (unpaired) electrons.